The lowest BCUT2D eigenvalue weighted by molar-refractivity contribution is 0.118. The van der Waals surface area contributed by atoms with E-state index < -0.39 is 0 Å². The molecule has 122 valence electrons. The molecule has 0 aromatic carbocycles. The summed E-state index contributed by atoms with van der Waals surface area (Å²) in [6, 6.07) is 1.66. The minimum absolute atomic E-state index is 0.815. The standard InChI is InChI=1S/C20H37N/c1-15-12-13-19(16(2)14-15)21-20-11-7-6-10-18(20)17-8-4-3-5-9-17/h15-21H,3-14H2,1-2H3. The second-order valence-electron chi connectivity index (χ2n) is 8.62. The van der Waals surface area contributed by atoms with E-state index in [1.54, 1.807) is 0 Å². The van der Waals surface area contributed by atoms with Crippen LogP contribution in [0.1, 0.15) is 90.9 Å². The quantitative estimate of drug-likeness (QED) is 0.720. The van der Waals surface area contributed by atoms with Gasteiger partial charge in [-0.15, -0.1) is 0 Å². The summed E-state index contributed by atoms with van der Waals surface area (Å²) in [4.78, 5) is 0. The third kappa shape index (κ3) is 4.03. The van der Waals surface area contributed by atoms with Crippen LogP contribution >= 0.6 is 0 Å². The Labute approximate surface area is 132 Å². The zero-order valence-electron chi connectivity index (χ0n) is 14.4. The lowest BCUT2D eigenvalue weighted by Crippen LogP contribution is -2.50. The maximum absolute atomic E-state index is 4.18. The van der Waals surface area contributed by atoms with Gasteiger partial charge < -0.3 is 5.32 Å². The van der Waals surface area contributed by atoms with E-state index in [-0.39, 0.29) is 0 Å². The van der Waals surface area contributed by atoms with Crippen LogP contribution in [-0.4, -0.2) is 12.1 Å². The maximum Gasteiger partial charge on any atom is 0.0101 e. The Kier molecular flexibility index (Phi) is 5.65. The molecule has 3 aliphatic rings. The zero-order chi connectivity index (χ0) is 14.7. The summed E-state index contributed by atoms with van der Waals surface area (Å²) >= 11 is 0. The molecule has 0 amide bonds. The predicted molar refractivity (Wildman–Crippen MR) is 91.4 cm³/mol. The van der Waals surface area contributed by atoms with Crippen LogP contribution in [0.25, 0.3) is 0 Å². The number of hydrogen-bond acceptors (Lipinski definition) is 1. The van der Waals surface area contributed by atoms with Gasteiger partial charge in [0.1, 0.15) is 0 Å². The van der Waals surface area contributed by atoms with Crippen LogP contribution in [0, 0.1) is 23.7 Å². The number of hydrogen-bond donors (Lipinski definition) is 1. The molecule has 3 fully saturated rings. The molecule has 0 aromatic rings. The predicted octanol–water partition coefficient (Wildman–Crippen LogP) is 5.54. The van der Waals surface area contributed by atoms with Crippen LogP contribution in [0.3, 0.4) is 0 Å². The minimum atomic E-state index is 0.815. The molecule has 5 unspecified atom stereocenters. The van der Waals surface area contributed by atoms with Crippen LogP contribution in [0.15, 0.2) is 0 Å². The van der Waals surface area contributed by atoms with Crippen molar-refractivity contribution < 1.29 is 0 Å². The topological polar surface area (TPSA) is 12.0 Å². The van der Waals surface area contributed by atoms with E-state index in [4.69, 9.17) is 0 Å². The van der Waals surface area contributed by atoms with Gasteiger partial charge in [0.2, 0.25) is 0 Å². The van der Waals surface area contributed by atoms with E-state index >= 15 is 0 Å². The SMILES string of the molecule is CC1CCC(NC2CCCCC2C2CCCCC2)C(C)C1. The summed E-state index contributed by atoms with van der Waals surface area (Å²) in [5, 5.41) is 4.18. The van der Waals surface area contributed by atoms with Crippen molar-refractivity contribution in [1.29, 1.82) is 0 Å². The van der Waals surface area contributed by atoms with Crippen molar-refractivity contribution >= 4 is 0 Å². The summed E-state index contributed by atoms with van der Waals surface area (Å²) in [7, 11) is 0. The van der Waals surface area contributed by atoms with Crippen LogP contribution < -0.4 is 5.32 Å². The summed E-state index contributed by atoms with van der Waals surface area (Å²) in [6.45, 7) is 4.93. The molecule has 5 atom stereocenters. The summed E-state index contributed by atoms with van der Waals surface area (Å²) in [5.41, 5.74) is 0. The average Bonchev–Trinajstić information content (AvgIpc) is 2.51. The molecule has 1 heteroatoms. The molecular formula is C20H37N. The van der Waals surface area contributed by atoms with E-state index in [1.807, 2.05) is 0 Å². The highest BCUT2D eigenvalue weighted by Gasteiger charge is 2.35. The second-order valence-corrected chi connectivity index (χ2v) is 8.62. The van der Waals surface area contributed by atoms with Crippen LogP contribution in [0.2, 0.25) is 0 Å². The Balaban J connectivity index is 1.58. The zero-order valence-corrected chi connectivity index (χ0v) is 14.4. The van der Waals surface area contributed by atoms with Gasteiger partial charge in [0, 0.05) is 12.1 Å². The van der Waals surface area contributed by atoms with E-state index in [0.29, 0.717) is 0 Å². The molecule has 3 rings (SSSR count). The van der Waals surface area contributed by atoms with Crippen molar-refractivity contribution in [1.82, 2.24) is 5.32 Å². The van der Waals surface area contributed by atoms with Crippen molar-refractivity contribution in [2.45, 2.75) is 103 Å². The molecule has 3 aliphatic carbocycles. The molecular weight excluding hydrogens is 254 g/mol. The summed E-state index contributed by atoms with van der Waals surface area (Å²) in [5.74, 6) is 3.90. The third-order valence-electron chi connectivity index (χ3n) is 6.93. The Morgan fingerprint density at radius 3 is 2.14 bits per heavy atom. The first kappa shape index (κ1) is 15.8. The lowest BCUT2D eigenvalue weighted by Gasteiger charge is -2.43. The highest BCUT2D eigenvalue weighted by atomic mass is 15.0. The number of nitrogens with one attached hydrogen (secondary N) is 1. The van der Waals surface area contributed by atoms with Crippen molar-refractivity contribution in [2.24, 2.45) is 23.7 Å². The smallest absolute Gasteiger partial charge is 0.0101 e. The molecule has 1 nitrogen and oxygen atoms in total. The normalized spacial score (nSPS) is 42.9. The molecule has 0 saturated heterocycles. The van der Waals surface area contributed by atoms with Crippen molar-refractivity contribution in [2.75, 3.05) is 0 Å². The van der Waals surface area contributed by atoms with E-state index in [0.717, 1.165) is 35.8 Å². The first-order valence-corrected chi connectivity index (χ1v) is 10.00. The van der Waals surface area contributed by atoms with Gasteiger partial charge in [-0.05, 0) is 55.8 Å². The van der Waals surface area contributed by atoms with Crippen LogP contribution in [-0.2, 0) is 0 Å². The van der Waals surface area contributed by atoms with Gasteiger partial charge in [-0.3, -0.25) is 0 Å². The highest BCUT2D eigenvalue weighted by Crippen LogP contribution is 2.39. The Morgan fingerprint density at radius 2 is 1.38 bits per heavy atom. The molecule has 0 aromatic heterocycles. The minimum Gasteiger partial charge on any atom is -0.311 e. The molecule has 0 spiro atoms. The molecule has 3 saturated carbocycles. The van der Waals surface area contributed by atoms with Crippen molar-refractivity contribution in [3.63, 3.8) is 0 Å². The van der Waals surface area contributed by atoms with Crippen molar-refractivity contribution in [3.8, 4) is 0 Å². The fourth-order valence-corrected chi connectivity index (χ4v) is 5.68. The fraction of sp³-hybridized carbons (Fsp3) is 1.00. The number of rotatable bonds is 3. The van der Waals surface area contributed by atoms with Gasteiger partial charge in [0.15, 0.2) is 0 Å². The van der Waals surface area contributed by atoms with E-state index in [9.17, 15) is 0 Å². The Morgan fingerprint density at radius 1 is 0.667 bits per heavy atom. The molecule has 1 N–H and O–H groups in total. The largest absolute Gasteiger partial charge is 0.311 e. The van der Waals surface area contributed by atoms with Gasteiger partial charge >= 0.3 is 0 Å². The van der Waals surface area contributed by atoms with Crippen molar-refractivity contribution in [3.05, 3.63) is 0 Å². The van der Waals surface area contributed by atoms with Gasteiger partial charge in [0.05, 0.1) is 0 Å². The van der Waals surface area contributed by atoms with Crippen LogP contribution in [0.4, 0.5) is 0 Å². The Bertz CT molecular complexity index is 307. The average molecular weight is 292 g/mol. The maximum atomic E-state index is 4.18. The van der Waals surface area contributed by atoms with Gasteiger partial charge in [-0.25, -0.2) is 0 Å². The van der Waals surface area contributed by atoms with E-state index in [2.05, 4.69) is 19.2 Å². The first-order valence-electron chi connectivity index (χ1n) is 10.00. The molecule has 0 heterocycles. The first-order chi connectivity index (χ1) is 10.2. The van der Waals surface area contributed by atoms with Gasteiger partial charge in [-0.1, -0.05) is 58.8 Å². The van der Waals surface area contributed by atoms with Crippen LogP contribution in [0.5, 0.6) is 0 Å². The second kappa shape index (κ2) is 7.49. The van der Waals surface area contributed by atoms with Gasteiger partial charge in [0.25, 0.3) is 0 Å². The third-order valence-corrected chi connectivity index (χ3v) is 6.93. The molecule has 0 bridgehead atoms. The Hall–Kier alpha value is -0.0400. The lowest BCUT2D eigenvalue weighted by atomic mass is 9.70. The summed E-state index contributed by atoms with van der Waals surface area (Å²) in [6.07, 6.45) is 17.8. The molecule has 0 aliphatic heterocycles. The highest BCUT2D eigenvalue weighted by molar-refractivity contribution is 4.91. The molecule has 0 radical (unpaired) electrons. The molecule has 21 heavy (non-hydrogen) atoms. The van der Waals surface area contributed by atoms with Gasteiger partial charge in [-0.2, -0.15) is 0 Å². The van der Waals surface area contributed by atoms with E-state index in [1.165, 1.54) is 77.0 Å². The fourth-order valence-electron chi connectivity index (χ4n) is 5.68. The monoisotopic (exact) mass is 291 g/mol. The summed E-state index contributed by atoms with van der Waals surface area (Å²) < 4.78 is 0.